The zero-order valence-corrected chi connectivity index (χ0v) is 11.6. The Kier molecular flexibility index (Phi) is 4.62. The Balaban J connectivity index is 2.28. The van der Waals surface area contributed by atoms with E-state index in [4.69, 9.17) is 0 Å². The minimum Gasteiger partial charge on any atom is -0.276 e. The van der Waals surface area contributed by atoms with Gasteiger partial charge in [-0.2, -0.15) is 18.3 Å². The number of fused-ring (bicyclic) bond motifs is 1. The van der Waals surface area contributed by atoms with E-state index in [2.05, 4.69) is 5.10 Å². The smallest absolute Gasteiger partial charge is 0.276 e. The highest BCUT2D eigenvalue weighted by atomic mass is 19.4. The van der Waals surface area contributed by atoms with E-state index < -0.39 is 12.7 Å². The number of hydrogen-bond acceptors (Lipinski definition) is 3. The van der Waals surface area contributed by atoms with Gasteiger partial charge in [0.1, 0.15) is 0 Å². The predicted octanol–water partition coefficient (Wildman–Crippen LogP) is 2.63. The summed E-state index contributed by atoms with van der Waals surface area (Å²) in [6, 6.07) is 6.88. The lowest BCUT2D eigenvalue weighted by Crippen LogP contribution is -2.39. The molecule has 2 rings (SSSR count). The predicted molar refractivity (Wildman–Crippen MR) is 73.9 cm³/mol. The topological polar surface area (TPSA) is 38.1 Å². The molecule has 0 atom stereocenters. The van der Waals surface area contributed by atoms with Gasteiger partial charge in [0.25, 0.3) is 5.56 Å². The summed E-state index contributed by atoms with van der Waals surface area (Å²) in [5, 5.41) is 5.09. The maximum absolute atomic E-state index is 12.5. The van der Waals surface area contributed by atoms with Gasteiger partial charge in [-0.3, -0.25) is 9.69 Å². The number of nitrogens with zero attached hydrogens (tertiary/aromatic N) is 3. The second-order valence-corrected chi connectivity index (χ2v) is 4.85. The molecule has 1 heterocycles. The zero-order valence-electron chi connectivity index (χ0n) is 11.6. The molecule has 0 spiro atoms. The molecule has 0 saturated carbocycles. The highest BCUT2D eigenvalue weighted by Crippen LogP contribution is 2.17. The molecule has 21 heavy (non-hydrogen) atoms. The van der Waals surface area contributed by atoms with E-state index in [-0.39, 0.29) is 18.8 Å². The fraction of sp³-hybridized carbons (Fsp3) is 0.429. The van der Waals surface area contributed by atoms with Gasteiger partial charge in [0.05, 0.1) is 24.8 Å². The molecule has 2 aromatic rings. The van der Waals surface area contributed by atoms with Gasteiger partial charge in [-0.15, -0.1) is 0 Å². The van der Waals surface area contributed by atoms with Crippen LogP contribution in [0.3, 0.4) is 0 Å². The van der Waals surface area contributed by atoms with Crippen molar-refractivity contribution in [2.24, 2.45) is 0 Å². The molecule has 0 aliphatic carbocycles. The number of hydrogen-bond donors (Lipinski definition) is 0. The molecule has 4 nitrogen and oxygen atoms in total. The average molecular weight is 299 g/mol. The van der Waals surface area contributed by atoms with Crippen molar-refractivity contribution < 1.29 is 13.2 Å². The van der Waals surface area contributed by atoms with Crippen molar-refractivity contribution in [3.63, 3.8) is 0 Å². The molecule has 0 N–H and O–H groups in total. The molecule has 0 aliphatic rings. The van der Waals surface area contributed by atoms with Gasteiger partial charge in [0.2, 0.25) is 0 Å². The summed E-state index contributed by atoms with van der Waals surface area (Å²) >= 11 is 0. The number of rotatable bonds is 5. The monoisotopic (exact) mass is 299 g/mol. The summed E-state index contributed by atoms with van der Waals surface area (Å²) in [5.41, 5.74) is -0.378. The Morgan fingerprint density at radius 1 is 1.29 bits per heavy atom. The largest absolute Gasteiger partial charge is 0.401 e. The third-order valence-electron chi connectivity index (χ3n) is 3.04. The highest BCUT2D eigenvalue weighted by molar-refractivity contribution is 5.80. The van der Waals surface area contributed by atoms with Crippen molar-refractivity contribution in [3.8, 4) is 0 Å². The van der Waals surface area contributed by atoms with Crippen molar-refractivity contribution in [1.29, 1.82) is 0 Å². The molecule has 0 unspecified atom stereocenters. The Labute approximate surface area is 119 Å². The average Bonchev–Trinajstić information content (AvgIpc) is 2.41. The molecule has 0 bridgehead atoms. The lowest BCUT2D eigenvalue weighted by molar-refractivity contribution is -0.149. The first kappa shape index (κ1) is 15.5. The summed E-state index contributed by atoms with van der Waals surface area (Å²) in [5.74, 6) is 0. The second-order valence-electron chi connectivity index (χ2n) is 4.85. The Hall–Kier alpha value is -1.89. The van der Waals surface area contributed by atoms with E-state index in [0.717, 1.165) is 4.68 Å². The van der Waals surface area contributed by atoms with Crippen molar-refractivity contribution in [2.75, 3.05) is 13.1 Å². The lowest BCUT2D eigenvalue weighted by atomic mass is 10.2. The van der Waals surface area contributed by atoms with Crippen LogP contribution in [0.2, 0.25) is 0 Å². The SMILES string of the molecule is CCCN(Cn1ncc2ccccc2c1=O)CC(F)(F)F. The molecule has 0 radical (unpaired) electrons. The fourth-order valence-corrected chi connectivity index (χ4v) is 2.19. The van der Waals surface area contributed by atoms with Crippen molar-refractivity contribution in [2.45, 2.75) is 26.2 Å². The highest BCUT2D eigenvalue weighted by Gasteiger charge is 2.30. The van der Waals surface area contributed by atoms with Crippen molar-refractivity contribution in [1.82, 2.24) is 14.7 Å². The number of benzene rings is 1. The first-order chi connectivity index (χ1) is 9.90. The van der Waals surface area contributed by atoms with E-state index in [1.54, 1.807) is 31.2 Å². The normalized spacial score (nSPS) is 12.2. The van der Waals surface area contributed by atoms with E-state index >= 15 is 0 Å². The van der Waals surface area contributed by atoms with Crippen LogP contribution in [0.15, 0.2) is 35.3 Å². The molecular formula is C14H16F3N3O. The summed E-state index contributed by atoms with van der Waals surface area (Å²) in [6.45, 7) is 0.819. The van der Waals surface area contributed by atoms with Crippen LogP contribution in [0.25, 0.3) is 10.8 Å². The van der Waals surface area contributed by atoms with E-state index in [1.165, 1.54) is 11.1 Å². The quantitative estimate of drug-likeness (QED) is 0.852. The standard InChI is InChI=1S/C14H16F3N3O/c1-2-7-19(9-14(15,16)17)10-20-13(21)12-6-4-3-5-11(12)8-18-20/h3-6,8H,2,7,9-10H2,1H3. The Morgan fingerprint density at radius 3 is 2.67 bits per heavy atom. The van der Waals surface area contributed by atoms with Crippen LogP contribution >= 0.6 is 0 Å². The maximum atomic E-state index is 12.5. The van der Waals surface area contributed by atoms with Gasteiger partial charge >= 0.3 is 6.18 Å². The first-order valence-electron chi connectivity index (χ1n) is 6.64. The van der Waals surface area contributed by atoms with Gasteiger partial charge in [-0.1, -0.05) is 25.1 Å². The van der Waals surface area contributed by atoms with Gasteiger partial charge in [0.15, 0.2) is 0 Å². The van der Waals surface area contributed by atoms with Crippen LogP contribution in [-0.2, 0) is 6.67 Å². The van der Waals surface area contributed by atoms with Gasteiger partial charge in [-0.25, -0.2) is 4.68 Å². The van der Waals surface area contributed by atoms with E-state index in [1.807, 2.05) is 0 Å². The van der Waals surface area contributed by atoms with Crippen LogP contribution in [-0.4, -0.2) is 33.9 Å². The van der Waals surface area contributed by atoms with E-state index in [0.29, 0.717) is 17.2 Å². The Morgan fingerprint density at radius 2 is 2.00 bits per heavy atom. The summed E-state index contributed by atoms with van der Waals surface area (Å²) in [4.78, 5) is 13.4. The van der Waals surface area contributed by atoms with Crippen LogP contribution in [0.5, 0.6) is 0 Å². The van der Waals surface area contributed by atoms with Crippen molar-refractivity contribution in [3.05, 3.63) is 40.8 Å². The molecule has 1 aromatic heterocycles. The van der Waals surface area contributed by atoms with Crippen molar-refractivity contribution >= 4 is 10.8 Å². The first-order valence-corrected chi connectivity index (χ1v) is 6.64. The van der Waals surface area contributed by atoms with Crippen LogP contribution in [0.1, 0.15) is 13.3 Å². The Bertz CT molecular complexity index is 666. The maximum Gasteiger partial charge on any atom is 0.401 e. The lowest BCUT2D eigenvalue weighted by Gasteiger charge is -2.23. The third-order valence-corrected chi connectivity index (χ3v) is 3.04. The van der Waals surface area contributed by atoms with Crippen LogP contribution < -0.4 is 5.56 Å². The van der Waals surface area contributed by atoms with Crippen LogP contribution in [0, 0.1) is 0 Å². The minimum atomic E-state index is -4.30. The molecule has 0 amide bonds. The zero-order chi connectivity index (χ0) is 15.5. The van der Waals surface area contributed by atoms with Gasteiger partial charge in [-0.05, 0) is 19.0 Å². The molecule has 7 heteroatoms. The molecule has 0 saturated heterocycles. The summed E-state index contributed by atoms with van der Waals surface area (Å²) in [7, 11) is 0. The van der Waals surface area contributed by atoms with Gasteiger partial charge in [0, 0.05) is 5.39 Å². The molecule has 1 aromatic carbocycles. The molecule has 114 valence electrons. The minimum absolute atomic E-state index is 0.170. The number of halogens is 3. The number of alkyl halides is 3. The summed E-state index contributed by atoms with van der Waals surface area (Å²) in [6.07, 6.45) is -2.23. The second kappa shape index (κ2) is 6.26. The molecule has 0 aliphatic heterocycles. The number of aromatic nitrogens is 2. The van der Waals surface area contributed by atoms with Gasteiger partial charge < -0.3 is 0 Å². The molecule has 0 fully saturated rings. The molecular weight excluding hydrogens is 283 g/mol. The summed E-state index contributed by atoms with van der Waals surface area (Å²) < 4.78 is 38.7. The third kappa shape index (κ3) is 4.04. The van der Waals surface area contributed by atoms with Crippen LogP contribution in [0.4, 0.5) is 13.2 Å². The fourth-order valence-electron chi connectivity index (χ4n) is 2.19. The van der Waals surface area contributed by atoms with E-state index in [9.17, 15) is 18.0 Å².